The molecule has 0 unspecified atom stereocenters. The van der Waals surface area contributed by atoms with Crippen molar-refractivity contribution in [3.63, 3.8) is 0 Å². The summed E-state index contributed by atoms with van der Waals surface area (Å²) in [7, 11) is 1.73. The van der Waals surface area contributed by atoms with Gasteiger partial charge in [0.15, 0.2) is 0 Å². The first kappa shape index (κ1) is 11.3. The van der Waals surface area contributed by atoms with E-state index < -0.39 is 0 Å². The number of allylic oxidation sites excluding steroid dienone is 2. The van der Waals surface area contributed by atoms with E-state index in [1.807, 2.05) is 33.8 Å². The molecule has 0 saturated carbocycles. The maximum absolute atomic E-state index is 4.80. The second-order valence-corrected chi connectivity index (χ2v) is 1.21. The van der Waals surface area contributed by atoms with Crippen LogP contribution in [0.15, 0.2) is 11.8 Å². The quantitative estimate of drug-likeness (QED) is 0.457. The normalized spacial score (nSPS) is 9.67. The predicted molar refractivity (Wildman–Crippen MR) is 40.9 cm³/mol. The zero-order chi connectivity index (χ0) is 7.70. The summed E-state index contributed by atoms with van der Waals surface area (Å²) in [5, 5.41) is 0. The molecule has 9 heavy (non-hydrogen) atoms. The minimum absolute atomic E-state index is 0.891. The van der Waals surface area contributed by atoms with E-state index in [2.05, 4.69) is 5.48 Å². The highest BCUT2D eigenvalue weighted by atomic mass is 16.6. The molecule has 2 nitrogen and oxygen atoms in total. The van der Waals surface area contributed by atoms with Crippen LogP contribution in [0.2, 0.25) is 0 Å². The Bertz CT molecular complexity index is 69.3. The lowest BCUT2D eigenvalue weighted by Gasteiger charge is -1.98. The van der Waals surface area contributed by atoms with Gasteiger partial charge < -0.3 is 4.84 Å². The lowest BCUT2D eigenvalue weighted by molar-refractivity contribution is 0.128. The van der Waals surface area contributed by atoms with Crippen molar-refractivity contribution < 1.29 is 4.84 Å². The number of rotatable bonds is 2. The van der Waals surface area contributed by atoms with Gasteiger partial charge in [0.05, 0.1) is 0 Å². The molecular formula is C7H17NO. The third kappa shape index (κ3) is 11.2. The van der Waals surface area contributed by atoms with Crippen molar-refractivity contribution in [2.24, 2.45) is 0 Å². The van der Waals surface area contributed by atoms with Crippen LogP contribution in [0, 0.1) is 0 Å². The average Bonchev–Trinajstić information content (AvgIpc) is 1.93. The van der Waals surface area contributed by atoms with E-state index in [4.69, 9.17) is 4.84 Å². The Morgan fingerprint density at radius 2 is 1.89 bits per heavy atom. The molecule has 0 bridgehead atoms. The highest BCUT2D eigenvalue weighted by Crippen LogP contribution is 1.87. The van der Waals surface area contributed by atoms with Crippen molar-refractivity contribution in [3.05, 3.63) is 11.8 Å². The van der Waals surface area contributed by atoms with E-state index in [1.54, 1.807) is 7.05 Å². The van der Waals surface area contributed by atoms with Crippen LogP contribution in [0.1, 0.15) is 27.7 Å². The molecular weight excluding hydrogens is 114 g/mol. The Labute approximate surface area is 57.9 Å². The molecule has 1 N–H and O–H groups in total. The van der Waals surface area contributed by atoms with Crippen LogP contribution in [-0.2, 0) is 4.84 Å². The van der Waals surface area contributed by atoms with Crippen molar-refractivity contribution in [2.45, 2.75) is 27.7 Å². The first-order chi connectivity index (χ1) is 4.31. The molecule has 0 fully saturated rings. The molecule has 0 rings (SSSR count). The Hall–Kier alpha value is -0.500. The standard InChI is InChI=1S/C5H11NO.C2H6/c1-4-5(2)7-6-3;1-2/h4,6H,1-3H3;1-2H3/b5-4-;. The Morgan fingerprint density at radius 3 is 2.00 bits per heavy atom. The molecule has 0 amide bonds. The van der Waals surface area contributed by atoms with E-state index in [9.17, 15) is 0 Å². The first-order valence-corrected chi connectivity index (χ1v) is 3.27. The second kappa shape index (κ2) is 10.5. The molecule has 0 radical (unpaired) electrons. The van der Waals surface area contributed by atoms with E-state index in [0.29, 0.717) is 0 Å². The molecule has 0 aliphatic heterocycles. The zero-order valence-electron chi connectivity index (χ0n) is 6.99. The topological polar surface area (TPSA) is 21.3 Å². The molecule has 0 spiro atoms. The zero-order valence-corrected chi connectivity index (χ0v) is 6.99. The van der Waals surface area contributed by atoms with Gasteiger partial charge in [-0.25, -0.2) is 0 Å². The summed E-state index contributed by atoms with van der Waals surface area (Å²) in [5.41, 5.74) is 2.55. The maximum Gasteiger partial charge on any atom is 0.116 e. The van der Waals surface area contributed by atoms with Crippen LogP contribution in [0.25, 0.3) is 0 Å². The molecule has 2 heteroatoms. The van der Waals surface area contributed by atoms with Crippen LogP contribution in [0.5, 0.6) is 0 Å². The van der Waals surface area contributed by atoms with E-state index in [0.717, 1.165) is 5.76 Å². The van der Waals surface area contributed by atoms with E-state index in [1.165, 1.54) is 0 Å². The van der Waals surface area contributed by atoms with Crippen LogP contribution in [-0.4, -0.2) is 7.05 Å². The number of hydrogen-bond acceptors (Lipinski definition) is 2. The first-order valence-electron chi connectivity index (χ1n) is 3.27. The Kier molecular flexibility index (Phi) is 13.2. The number of hydrogen-bond donors (Lipinski definition) is 1. The van der Waals surface area contributed by atoms with Gasteiger partial charge in [-0.15, -0.1) is 0 Å². The minimum atomic E-state index is 0.891. The Morgan fingerprint density at radius 1 is 1.44 bits per heavy atom. The third-order valence-corrected chi connectivity index (χ3v) is 0.670. The van der Waals surface area contributed by atoms with Crippen LogP contribution in [0.3, 0.4) is 0 Å². The summed E-state index contributed by atoms with van der Waals surface area (Å²) in [5.74, 6) is 0.891. The summed E-state index contributed by atoms with van der Waals surface area (Å²) >= 11 is 0. The fraction of sp³-hybridized carbons (Fsp3) is 0.714. The number of hydroxylamine groups is 1. The molecule has 0 atom stereocenters. The van der Waals surface area contributed by atoms with Crippen molar-refractivity contribution in [1.29, 1.82) is 0 Å². The summed E-state index contributed by atoms with van der Waals surface area (Å²) in [6.07, 6.45) is 1.89. The van der Waals surface area contributed by atoms with Crippen molar-refractivity contribution in [2.75, 3.05) is 7.05 Å². The maximum atomic E-state index is 4.80. The van der Waals surface area contributed by atoms with E-state index >= 15 is 0 Å². The highest BCUT2D eigenvalue weighted by molar-refractivity contribution is 4.82. The monoisotopic (exact) mass is 131 g/mol. The van der Waals surface area contributed by atoms with Gasteiger partial charge >= 0.3 is 0 Å². The fourth-order valence-electron chi connectivity index (χ4n) is 0.220. The molecule has 0 aliphatic carbocycles. The van der Waals surface area contributed by atoms with Gasteiger partial charge in [-0.05, 0) is 19.9 Å². The summed E-state index contributed by atoms with van der Waals surface area (Å²) in [6.45, 7) is 7.81. The van der Waals surface area contributed by atoms with Gasteiger partial charge in [-0.2, -0.15) is 5.48 Å². The number of nitrogens with one attached hydrogen (secondary N) is 1. The summed E-state index contributed by atoms with van der Waals surface area (Å²) in [4.78, 5) is 4.80. The van der Waals surface area contributed by atoms with Gasteiger partial charge in [0.2, 0.25) is 0 Å². The van der Waals surface area contributed by atoms with Crippen LogP contribution < -0.4 is 5.48 Å². The molecule has 0 saturated heterocycles. The van der Waals surface area contributed by atoms with E-state index in [-0.39, 0.29) is 0 Å². The molecule has 0 aromatic carbocycles. The third-order valence-electron chi connectivity index (χ3n) is 0.670. The van der Waals surface area contributed by atoms with Gasteiger partial charge in [-0.1, -0.05) is 13.8 Å². The average molecular weight is 131 g/mol. The van der Waals surface area contributed by atoms with Crippen molar-refractivity contribution in [1.82, 2.24) is 5.48 Å². The highest BCUT2D eigenvalue weighted by Gasteiger charge is 1.77. The fourth-order valence-corrected chi connectivity index (χ4v) is 0.220. The summed E-state index contributed by atoms with van der Waals surface area (Å²) in [6, 6.07) is 0. The second-order valence-electron chi connectivity index (χ2n) is 1.21. The van der Waals surface area contributed by atoms with Crippen molar-refractivity contribution >= 4 is 0 Å². The van der Waals surface area contributed by atoms with Gasteiger partial charge in [-0.3, -0.25) is 0 Å². The van der Waals surface area contributed by atoms with Crippen LogP contribution in [0.4, 0.5) is 0 Å². The SMILES string of the molecule is C/C=C(/C)ONC.CC. The van der Waals surface area contributed by atoms with Gasteiger partial charge in [0.25, 0.3) is 0 Å². The molecule has 0 aromatic rings. The van der Waals surface area contributed by atoms with Gasteiger partial charge in [0.1, 0.15) is 5.76 Å². The smallest absolute Gasteiger partial charge is 0.116 e. The lowest BCUT2D eigenvalue weighted by atomic mass is 10.5. The largest absolute Gasteiger partial charge is 0.414 e. The van der Waals surface area contributed by atoms with Gasteiger partial charge in [0, 0.05) is 7.05 Å². The molecule has 56 valence electrons. The molecule has 0 aliphatic rings. The molecule has 0 aromatic heterocycles. The van der Waals surface area contributed by atoms with Crippen molar-refractivity contribution in [3.8, 4) is 0 Å². The predicted octanol–water partition coefficient (Wildman–Crippen LogP) is 2.09. The minimum Gasteiger partial charge on any atom is -0.414 e. The Balaban J connectivity index is 0. The lowest BCUT2D eigenvalue weighted by Crippen LogP contribution is -2.04. The molecule has 0 heterocycles. The van der Waals surface area contributed by atoms with Crippen LogP contribution >= 0.6 is 0 Å². The summed E-state index contributed by atoms with van der Waals surface area (Å²) < 4.78 is 0.